The summed E-state index contributed by atoms with van der Waals surface area (Å²) in [5.41, 5.74) is 9.28. The molecule has 8 heteroatoms. The summed E-state index contributed by atoms with van der Waals surface area (Å²) >= 11 is 0. The summed E-state index contributed by atoms with van der Waals surface area (Å²) in [5, 5.41) is 9.95. The first kappa shape index (κ1) is 26.2. The first-order valence-electron chi connectivity index (χ1n) is 12.4. The molecule has 0 amide bonds. The van der Waals surface area contributed by atoms with Crippen molar-refractivity contribution < 1.29 is 28.5 Å². The van der Waals surface area contributed by atoms with E-state index in [0.29, 0.717) is 40.7 Å². The lowest BCUT2D eigenvalue weighted by atomic mass is 9.83. The van der Waals surface area contributed by atoms with Crippen LogP contribution in [-0.4, -0.2) is 20.2 Å². The van der Waals surface area contributed by atoms with E-state index in [1.54, 1.807) is 56.7 Å². The van der Waals surface area contributed by atoms with Gasteiger partial charge in [-0.05, 0) is 53.6 Å². The number of benzene rings is 4. The molecule has 1 heterocycles. The second-order valence-electron chi connectivity index (χ2n) is 8.93. The number of hydrogen-bond donors (Lipinski definition) is 1. The largest absolute Gasteiger partial charge is 0.497 e. The fourth-order valence-electron chi connectivity index (χ4n) is 4.45. The molecule has 5 rings (SSSR count). The molecule has 4 aromatic rings. The van der Waals surface area contributed by atoms with Crippen molar-refractivity contribution in [3.8, 4) is 34.8 Å². The van der Waals surface area contributed by atoms with Crippen LogP contribution in [0.5, 0.6) is 28.7 Å². The summed E-state index contributed by atoms with van der Waals surface area (Å²) < 4.78 is 28.1. The number of allylic oxidation sites excluding steroid dienone is 1. The molecule has 1 aliphatic rings. The monoisotopic (exact) mass is 534 g/mol. The van der Waals surface area contributed by atoms with E-state index >= 15 is 0 Å². The van der Waals surface area contributed by atoms with Crippen LogP contribution in [0.1, 0.15) is 33.0 Å². The lowest BCUT2D eigenvalue weighted by molar-refractivity contribution is 0.0734. The Morgan fingerprint density at radius 3 is 2.35 bits per heavy atom. The summed E-state index contributed by atoms with van der Waals surface area (Å²) in [7, 11) is 3.11. The maximum absolute atomic E-state index is 12.7. The van der Waals surface area contributed by atoms with Gasteiger partial charge in [-0.2, -0.15) is 5.26 Å². The third kappa shape index (κ3) is 5.40. The average molecular weight is 535 g/mol. The molecule has 0 fully saturated rings. The molecule has 1 atom stereocenters. The minimum absolute atomic E-state index is 0.0259. The number of rotatable bonds is 8. The Morgan fingerprint density at radius 2 is 1.65 bits per heavy atom. The molecule has 0 bridgehead atoms. The third-order valence-electron chi connectivity index (χ3n) is 6.48. The van der Waals surface area contributed by atoms with Crippen LogP contribution in [0.25, 0.3) is 0 Å². The first-order chi connectivity index (χ1) is 19.5. The topological polar surface area (TPSA) is 113 Å². The maximum Gasteiger partial charge on any atom is 0.343 e. The number of methoxy groups -OCH3 is 2. The number of nitriles is 1. The van der Waals surface area contributed by atoms with Gasteiger partial charge in [-0.3, -0.25) is 0 Å². The molecule has 1 aliphatic heterocycles. The van der Waals surface area contributed by atoms with Crippen LogP contribution >= 0.6 is 0 Å². The lowest BCUT2D eigenvalue weighted by Crippen LogP contribution is -2.21. The smallest absolute Gasteiger partial charge is 0.343 e. The Hall–Kier alpha value is -5.42. The Morgan fingerprint density at radius 1 is 0.900 bits per heavy atom. The summed E-state index contributed by atoms with van der Waals surface area (Å²) in [4.78, 5) is 12.7. The minimum Gasteiger partial charge on any atom is -0.497 e. The molecular weight excluding hydrogens is 508 g/mol. The van der Waals surface area contributed by atoms with Gasteiger partial charge in [0, 0.05) is 11.6 Å². The molecule has 0 spiro atoms. The zero-order valence-electron chi connectivity index (χ0n) is 21.9. The van der Waals surface area contributed by atoms with Crippen molar-refractivity contribution in [3.63, 3.8) is 0 Å². The van der Waals surface area contributed by atoms with Gasteiger partial charge in [0.15, 0.2) is 11.5 Å². The van der Waals surface area contributed by atoms with E-state index in [1.165, 1.54) is 0 Å². The van der Waals surface area contributed by atoms with Gasteiger partial charge in [0.2, 0.25) is 5.88 Å². The fourth-order valence-corrected chi connectivity index (χ4v) is 4.45. The maximum atomic E-state index is 12.7. The summed E-state index contributed by atoms with van der Waals surface area (Å²) in [5.74, 6) is 1.28. The van der Waals surface area contributed by atoms with E-state index in [-0.39, 0.29) is 17.2 Å². The molecule has 8 nitrogen and oxygen atoms in total. The molecule has 0 radical (unpaired) electrons. The Bertz CT molecular complexity index is 1610. The molecule has 200 valence electrons. The van der Waals surface area contributed by atoms with Gasteiger partial charge in [-0.1, -0.05) is 42.5 Å². The summed E-state index contributed by atoms with van der Waals surface area (Å²) in [6, 6.07) is 29.1. The highest BCUT2D eigenvalue weighted by atomic mass is 16.5. The van der Waals surface area contributed by atoms with Crippen molar-refractivity contribution in [2.45, 2.75) is 12.5 Å². The van der Waals surface area contributed by atoms with Crippen LogP contribution in [-0.2, 0) is 6.61 Å². The van der Waals surface area contributed by atoms with Crippen LogP contribution in [0, 0.1) is 11.3 Å². The number of esters is 1. The van der Waals surface area contributed by atoms with Crippen molar-refractivity contribution >= 4 is 5.97 Å². The standard InChI is InChI=1S/C32H26N2O6/c1-36-23-11-8-21(9-12-23)32(35)39-24-13-14-25-28(17-24)40-31(34)26(18-33)30(25)22-10-15-27(29(16-22)37-2)38-19-20-6-4-3-5-7-20/h3-17,30H,19,34H2,1-2H3. The molecule has 0 saturated heterocycles. The van der Waals surface area contributed by atoms with E-state index in [2.05, 4.69) is 6.07 Å². The molecular formula is C32H26N2O6. The van der Waals surface area contributed by atoms with Crippen molar-refractivity contribution in [1.29, 1.82) is 5.26 Å². The highest BCUT2D eigenvalue weighted by molar-refractivity contribution is 5.91. The molecule has 40 heavy (non-hydrogen) atoms. The molecule has 2 N–H and O–H groups in total. The van der Waals surface area contributed by atoms with Gasteiger partial charge in [0.25, 0.3) is 0 Å². The average Bonchev–Trinajstić information content (AvgIpc) is 2.99. The SMILES string of the molecule is COc1ccc(C(=O)Oc2ccc3c(c2)OC(N)=C(C#N)C3c2ccc(OCc3ccccc3)c(OC)c2)cc1. The van der Waals surface area contributed by atoms with Gasteiger partial charge in [0.1, 0.15) is 35.5 Å². The minimum atomic E-state index is -0.535. The van der Waals surface area contributed by atoms with Gasteiger partial charge >= 0.3 is 5.97 Å². The van der Waals surface area contributed by atoms with E-state index in [4.69, 9.17) is 29.4 Å². The number of carbonyl (C=O) groups excluding carboxylic acids is 1. The van der Waals surface area contributed by atoms with Crippen LogP contribution < -0.4 is 29.4 Å². The Kier molecular flexibility index (Phi) is 7.56. The number of nitrogens with zero attached hydrogens (tertiary/aromatic N) is 1. The lowest BCUT2D eigenvalue weighted by Gasteiger charge is -2.27. The number of hydrogen-bond acceptors (Lipinski definition) is 8. The first-order valence-corrected chi connectivity index (χ1v) is 12.4. The summed E-state index contributed by atoms with van der Waals surface area (Å²) in [6.45, 7) is 0.380. The van der Waals surface area contributed by atoms with Gasteiger partial charge in [-0.15, -0.1) is 0 Å². The molecule has 4 aromatic carbocycles. The normalized spacial score (nSPS) is 13.9. The second-order valence-corrected chi connectivity index (χ2v) is 8.93. The fraction of sp³-hybridized carbons (Fsp3) is 0.125. The van der Waals surface area contributed by atoms with Crippen LogP contribution in [0.2, 0.25) is 0 Å². The zero-order chi connectivity index (χ0) is 28.1. The van der Waals surface area contributed by atoms with Gasteiger partial charge in [0.05, 0.1) is 25.7 Å². The number of fused-ring (bicyclic) bond motifs is 1. The molecule has 0 aliphatic carbocycles. The van der Waals surface area contributed by atoms with E-state index in [1.807, 2.05) is 48.5 Å². The van der Waals surface area contributed by atoms with Crippen LogP contribution in [0.15, 0.2) is 102 Å². The number of carbonyl (C=O) groups is 1. The summed E-state index contributed by atoms with van der Waals surface area (Å²) in [6.07, 6.45) is 0. The van der Waals surface area contributed by atoms with E-state index in [9.17, 15) is 10.1 Å². The highest BCUT2D eigenvalue weighted by Crippen LogP contribution is 2.45. The predicted octanol–water partition coefficient (Wildman–Crippen LogP) is 5.72. The highest BCUT2D eigenvalue weighted by Gasteiger charge is 2.32. The number of nitrogens with two attached hydrogens (primary N) is 1. The van der Waals surface area contributed by atoms with E-state index < -0.39 is 11.9 Å². The van der Waals surface area contributed by atoms with Crippen molar-refractivity contribution in [2.24, 2.45) is 5.73 Å². The molecule has 0 aromatic heterocycles. The van der Waals surface area contributed by atoms with Crippen molar-refractivity contribution in [3.05, 3.63) is 125 Å². The van der Waals surface area contributed by atoms with Crippen LogP contribution in [0.3, 0.4) is 0 Å². The Balaban J connectivity index is 1.42. The Labute approximate surface area is 231 Å². The quantitative estimate of drug-likeness (QED) is 0.226. The van der Waals surface area contributed by atoms with Gasteiger partial charge in [-0.25, -0.2) is 4.79 Å². The predicted molar refractivity (Wildman–Crippen MR) is 147 cm³/mol. The van der Waals surface area contributed by atoms with Gasteiger partial charge < -0.3 is 29.4 Å². The second kappa shape index (κ2) is 11.5. The third-order valence-corrected chi connectivity index (χ3v) is 6.48. The van der Waals surface area contributed by atoms with E-state index in [0.717, 1.165) is 11.1 Å². The zero-order valence-corrected chi connectivity index (χ0v) is 21.9. The molecule has 1 unspecified atom stereocenters. The van der Waals surface area contributed by atoms with Crippen LogP contribution in [0.4, 0.5) is 0 Å². The van der Waals surface area contributed by atoms with Crippen molar-refractivity contribution in [2.75, 3.05) is 14.2 Å². The molecule has 0 saturated carbocycles. The van der Waals surface area contributed by atoms with Crippen molar-refractivity contribution in [1.82, 2.24) is 0 Å². The number of ether oxygens (including phenoxy) is 5.